The van der Waals surface area contributed by atoms with E-state index < -0.39 is 10.0 Å². The van der Waals surface area contributed by atoms with Gasteiger partial charge in [-0.25, -0.2) is 8.42 Å². The highest BCUT2D eigenvalue weighted by Crippen LogP contribution is 2.35. The third-order valence-corrected chi connectivity index (χ3v) is 6.96. The topological polar surface area (TPSA) is 76.3 Å². The number of hydrogen-bond donors (Lipinski definition) is 0. The monoisotopic (exact) mass is 347 g/mol. The summed E-state index contributed by atoms with van der Waals surface area (Å²) in [5.74, 6) is 0.455. The molecule has 2 heterocycles. The fourth-order valence-electron chi connectivity index (χ4n) is 3.78. The first-order valence-corrected chi connectivity index (χ1v) is 10.0. The zero-order chi connectivity index (χ0) is 16.6. The summed E-state index contributed by atoms with van der Waals surface area (Å²) in [5, 5.41) is 3.88. The van der Waals surface area contributed by atoms with Crippen LogP contribution in [0.3, 0.4) is 0 Å². The number of hydrogen-bond acceptors (Lipinski definition) is 5. The largest absolute Gasteiger partial charge is 0.343 e. The van der Waals surface area contributed by atoms with E-state index >= 15 is 0 Å². The molecule has 0 unspecified atom stereocenters. The molecule has 0 N–H and O–H groups in total. The number of piperidine rings is 1. The van der Waals surface area contributed by atoms with Crippen molar-refractivity contribution in [2.45, 2.75) is 55.9 Å². The first kappa shape index (κ1) is 15.8. The molecule has 6 nitrogen and oxygen atoms in total. The van der Waals surface area contributed by atoms with E-state index in [1.54, 1.807) is 10.4 Å². The van der Waals surface area contributed by atoms with Gasteiger partial charge in [-0.1, -0.05) is 17.6 Å². The molecule has 2 aliphatic rings. The summed E-state index contributed by atoms with van der Waals surface area (Å²) in [4.78, 5) is 4.47. The lowest BCUT2D eigenvalue weighted by Gasteiger charge is -2.33. The van der Waals surface area contributed by atoms with Gasteiger partial charge in [-0.2, -0.15) is 9.29 Å². The molecule has 1 saturated heterocycles. The van der Waals surface area contributed by atoms with Crippen LogP contribution in [0.5, 0.6) is 0 Å². The van der Waals surface area contributed by atoms with Crippen molar-refractivity contribution in [2.75, 3.05) is 6.54 Å². The molecule has 1 aliphatic carbocycles. The molecule has 0 spiro atoms. The van der Waals surface area contributed by atoms with Crippen LogP contribution in [0.15, 0.2) is 34.0 Å². The van der Waals surface area contributed by atoms with Gasteiger partial charge in [0.15, 0.2) is 5.82 Å². The standard InChI is InChI=1S/C17H21N3O3S/c21-24(22,15-9-8-13-5-1-2-6-14(13)11-15)20-10-4-3-7-16(20)17-18-12-23-19-17/h8-9,11-12,16H,1-7,10H2/t16-/m0/s1. The van der Waals surface area contributed by atoms with Gasteiger partial charge in [0.05, 0.1) is 10.9 Å². The van der Waals surface area contributed by atoms with Crippen molar-refractivity contribution in [2.24, 2.45) is 0 Å². The summed E-state index contributed by atoms with van der Waals surface area (Å²) < 4.78 is 32.8. The normalized spacial score (nSPS) is 22.2. The quantitative estimate of drug-likeness (QED) is 0.853. The number of aryl methyl sites for hydroxylation is 2. The number of aromatic nitrogens is 2. The van der Waals surface area contributed by atoms with Crippen LogP contribution in [0.1, 0.15) is 55.1 Å². The summed E-state index contributed by atoms with van der Waals surface area (Å²) in [6, 6.07) is 5.26. The number of sulfonamides is 1. The zero-order valence-electron chi connectivity index (χ0n) is 13.5. The van der Waals surface area contributed by atoms with Crippen LogP contribution in [0.4, 0.5) is 0 Å². The lowest BCUT2D eigenvalue weighted by molar-refractivity contribution is 0.240. The number of rotatable bonds is 3. The van der Waals surface area contributed by atoms with Crippen molar-refractivity contribution in [1.82, 2.24) is 14.4 Å². The Morgan fingerprint density at radius 2 is 1.92 bits per heavy atom. The third kappa shape index (κ3) is 2.75. The molecule has 2 aromatic rings. The minimum absolute atomic E-state index is 0.335. The molecule has 24 heavy (non-hydrogen) atoms. The van der Waals surface area contributed by atoms with Gasteiger partial charge in [0.1, 0.15) is 0 Å². The Morgan fingerprint density at radius 3 is 2.71 bits per heavy atom. The van der Waals surface area contributed by atoms with Crippen molar-refractivity contribution in [1.29, 1.82) is 0 Å². The molecular weight excluding hydrogens is 326 g/mol. The van der Waals surface area contributed by atoms with Gasteiger partial charge in [-0.15, -0.1) is 0 Å². The molecule has 0 radical (unpaired) electrons. The van der Waals surface area contributed by atoms with E-state index in [4.69, 9.17) is 4.52 Å². The Labute approximate surface area is 141 Å². The Balaban J connectivity index is 1.70. The predicted octanol–water partition coefficient (Wildman–Crippen LogP) is 2.86. The smallest absolute Gasteiger partial charge is 0.243 e. The van der Waals surface area contributed by atoms with E-state index in [9.17, 15) is 8.42 Å². The van der Waals surface area contributed by atoms with E-state index in [-0.39, 0.29) is 6.04 Å². The maximum Gasteiger partial charge on any atom is 0.243 e. The molecule has 1 atom stereocenters. The minimum Gasteiger partial charge on any atom is -0.343 e. The van der Waals surface area contributed by atoms with Gasteiger partial charge in [-0.05, 0) is 61.8 Å². The highest BCUT2D eigenvalue weighted by molar-refractivity contribution is 7.89. The van der Waals surface area contributed by atoms with Crippen LogP contribution in [-0.4, -0.2) is 29.4 Å². The van der Waals surface area contributed by atoms with Crippen molar-refractivity contribution in [3.63, 3.8) is 0 Å². The summed E-state index contributed by atoms with van der Waals surface area (Å²) in [6.45, 7) is 0.499. The second-order valence-electron chi connectivity index (χ2n) is 6.55. The second kappa shape index (κ2) is 6.29. The first-order valence-electron chi connectivity index (χ1n) is 8.56. The van der Waals surface area contributed by atoms with Gasteiger partial charge in [0, 0.05) is 6.54 Å². The van der Waals surface area contributed by atoms with E-state index in [0.29, 0.717) is 17.3 Å². The molecule has 1 fully saturated rings. The van der Waals surface area contributed by atoms with Crippen molar-refractivity contribution >= 4 is 10.0 Å². The van der Waals surface area contributed by atoms with Crippen molar-refractivity contribution in [3.05, 3.63) is 41.5 Å². The Kier molecular flexibility index (Phi) is 4.14. The SMILES string of the molecule is O=S(=O)(c1ccc2c(c1)CCCC2)N1CCCC[C@H]1c1ncon1. The van der Waals surface area contributed by atoms with Gasteiger partial charge in [0.25, 0.3) is 0 Å². The molecule has 1 aromatic heterocycles. The van der Waals surface area contributed by atoms with Crippen LogP contribution in [-0.2, 0) is 22.9 Å². The maximum atomic E-state index is 13.2. The van der Waals surface area contributed by atoms with Crippen LogP contribution in [0.25, 0.3) is 0 Å². The summed E-state index contributed by atoms with van der Waals surface area (Å²) in [7, 11) is -3.56. The average molecular weight is 347 g/mol. The number of fused-ring (bicyclic) bond motifs is 1. The Hall–Kier alpha value is -1.73. The lowest BCUT2D eigenvalue weighted by Crippen LogP contribution is -2.39. The molecule has 1 aromatic carbocycles. The molecule has 128 valence electrons. The lowest BCUT2D eigenvalue weighted by atomic mass is 9.92. The molecule has 7 heteroatoms. The molecule has 4 rings (SSSR count). The van der Waals surface area contributed by atoms with E-state index in [1.165, 1.54) is 23.9 Å². The first-order chi connectivity index (χ1) is 11.7. The summed E-state index contributed by atoms with van der Waals surface area (Å²) in [6.07, 6.45) is 8.14. The van der Waals surface area contributed by atoms with Crippen LogP contribution < -0.4 is 0 Å². The fourth-order valence-corrected chi connectivity index (χ4v) is 5.49. The minimum atomic E-state index is -3.56. The average Bonchev–Trinajstić information content (AvgIpc) is 3.16. The van der Waals surface area contributed by atoms with Gasteiger partial charge in [0.2, 0.25) is 16.4 Å². The zero-order valence-corrected chi connectivity index (χ0v) is 14.3. The van der Waals surface area contributed by atoms with Crippen LogP contribution in [0, 0.1) is 0 Å². The van der Waals surface area contributed by atoms with Crippen LogP contribution in [0.2, 0.25) is 0 Å². The molecule has 0 bridgehead atoms. The van der Waals surface area contributed by atoms with E-state index in [0.717, 1.165) is 38.5 Å². The van der Waals surface area contributed by atoms with Gasteiger partial charge < -0.3 is 4.52 Å². The van der Waals surface area contributed by atoms with Crippen LogP contribution >= 0.6 is 0 Å². The number of benzene rings is 1. The summed E-state index contributed by atoms with van der Waals surface area (Å²) in [5.41, 5.74) is 2.46. The Morgan fingerprint density at radius 1 is 1.08 bits per heavy atom. The highest BCUT2D eigenvalue weighted by Gasteiger charge is 2.36. The van der Waals surface area contributed by atoms with Crippen molar-refractivity contribution < 1.29 is 12.9 Å². The second-order valence-corrected chi connectivity index (χ2v) is 8.44. The predicted molar refractivity (Wildman–Crippen MR) is 87.9 cm³/mol. The number of nitrogens with zero attached hydrogens (tertiary/aromatic N) is 3. The maximum absolute atomic E-state index is 13.2. The third-order valence-electron chi connectivity index (χ3n) is 5.06. The fraction of sp³-hybridized carbons (Fsp3) is 0.529. The van der Waals surface area contributed by atoms with Gasteiger partial charge >= 0.3 is 0 Å². The molecule has 0 amide bonds. The molecular formula is C17H21N3O3S. The molecule has 1 aliphatic heterocycles. The van der Waals surface area contributed by atoms with E-state index in [2.05, 4.69) is 10.1 Å². The Bertz CT molecular complexity index is 818. The van der Waals surface area contributed by atoms with Gasteiger partial charge in [-0.3, -0.25) is 0 Å². The highest BCUT2D eigenvalue weighted by atomic mass is 32.2. The van der Waals surface area contributed by atoms with E-state index in [1.807, 2.05) is 12.1 Å². The van der Waals surface area contributed by atoms with Crippen molar-refractivity contribution in [3.8, 4) is 0 Å². The molecule has 0 saturated carbocycles. The summed E-state index contributed by atoms with van der Waals surface area (Å²) >= 11 is 0.